The molecule has 74 valence electrons. The molecule has 0 atom stereocenters. The smallest absolute Gasteiger partial charge is 0.217 e. The number of nitriles is 1. The Morgan fingerprint density at radius 1 is 1.47 bits per heavy atom. The van der Waals surface area contributed by atoms with Gasteiger partial charge < -0.3 is 5.73 Å². The highest BCUT2D eigenvalue weighted by molar-refractivity contribution is 5.51. The van der Waals surface area contributed by atoms with Crippen LogP contribution >= 0.6 is 0 Å². The number of rotatable bonds is 1. The third kappa shape index (κ3) is 1.55. The molecular formula is C11H10N4. The average molecular weight is 198 g/mol. The number of hydrogen-bond donors (Lipinski definition) is 1. The monoisotopic (exact) mass is 198 g/mol. The third-order valence-corrected chi connectivity index (χ3v) is 2.22. The van der Waals surface area contributed by atoms with E-state index in [9.17, 15) is 0 Å². The van der Waals surface area contributed by atoms with Crippen LogP contribution < -0.4 is 5.73 Å². The van der Waals surface area contributed by atoms with Gasteiger partial charge in [0, 0.05) is 18.1 Å². The van der Waals surface area contributed by atoms with Gasteiger partial charge in [0.15, 0.2) is 0 Å². The molecule has 2 aromatic rings. The molecule has 4 nitrogen and oxygen atoms in total. The summed E-state index contributed by atoms with van der Waals surface area (Å²) in [6.07, 6.45) is 3.37. The average Bonchev–Trinajstić information content (AvgIpc) is 2.65. The van der Waals surface area contributed by atoms with Crippen molar-refractivity contribution in [3.8, 4) is 11.8 Å². The second-order valence-electron chi connectivity index (χ2n) is 3.28. The molecule has 2 rings (SSSR count). The first-order valence-corrected chi connectivity index (χ1v) is 4.52. The molecule has 0 fully saturated rings. The fourth-order valence-electron chi connectivity index (χ4n) is 1.53. The number of imidazole rings is 1. The summed E-state index contributed by atoms with van der Waals surface area (Å²) in [6.45, 7) is 1.95. The molecule has 1 aromatic heterocycles. The van der Waals surface area contributed by atoms with Crippen molar-refractivity contribution in [1.82, 2.24) is 9.55 Å². The number of benzene rings is 1. The fourth-order valence-corrected chi connectivity index (χ4v) is 1.53. The Kier molecular flexibility index (Phi) is 2.14. The Labute approximate surface area is 87.6 Å². The minimum absolute atomic E-state index is 0.378. The minimum atomic E-state index is 0.378. The van der Waals surface area contributed by atoms with Crippen LogP contribution in [0.1, 0.15) is 11.4 Å². The number of nitrogen functional groups attached to an aromatic ring is 1. The van der Waals surface area contributed by atoms with Crippen molar-refractivity contribution in [2.75, 3.05) is 5.73 Å². The van der Waals surface area contributed by atoms with Crippen LogP contribution in [0.3, 0.4) is 0 Å². The Bertz CT molecular complexity index is 534. The maximum atomic E-state index is 8.86. The second kappa shape index (κ2) is 3.46. The summed E-state index contributed by atoms with van der Waals surface area (Å²) < 4.78 is 1.74. The van der Waals surface area contributed by atoms with Gasteiger partial charge in [-0.05, 0) is 30.7 Å². The normalized spacial score (nSPS) is 9.87. The highest BCUT2D eigenvalue weighted by Gasteiger charge is 2.06. The SMILES string of the molecule is Cc1cc(N)ccc1-n1ccnc1C#N. The number of aryl methyl sites for hydroxylation is 1. The molecule has 1 aromatic carbocycles. The Hall–Kier alpha value is -2.28. The highest BCUT2D eigenvalue weighted by Crippen LogP contribution is 2.18. The Balaban J connectivity index is 2.60. The first kappa shape index (κ1) is 9.28. The zero-order valence-electron chi connectivity index (χ0n) is 8.31. The Morgan fingerprint density at radius 3 is 2.93 bits per heavy atom. The predicted octanol–water partition coefficient (Wildman–Crippen LogP) is 1.63. The summed E-state index contributed by atoms with van der Waals surface area (Å²) in [5, 5.41) is 8.86. The summed E-state index contributed by atoms with van der Waals surface area (Å²) in [5.41, 5.74) is 8.33. The van der Waals surface area contributed by atoms with Gasteiger partial charge in [0.2, 0.25) is 5.82 Å². The second-order valence-corrected chi connectivity index (χ2v) is 3.28. The number of nitrogens with zero attached hydrogens (tertiary/aromatic N) is 3. The van der Waals surface area contributed by atoms with Crippen molar-refractivity contribution in [1.29, 1.82) is 5.26 Å². The summed E-state index contributed by atoms with van der Waals surface area (Å²) in [6, 6.07) is 7.60. The van der Waals surface area contributed by atoms with Gasteiger partial charge >= 0.3 is 0 Å². The molecule has 0 aliphatic rings. The van der Waals surface area contributed by atoms with E-state index in [1.54, 1.807) is 17.0 Å². The van der Waals surface area contributed by atoms with E-state index in [1.807, 2.05) is 31.2 Å². The predicted molar refractivity (Wildman–Crippen MR) is 57.4 cm³/mol. The van der Waals surface area contributed by atoms with Gasteiger partial charge in [-0.15, -0.1) is 0 Å². The highest BCUT2D eigenvalue weighted by atomic mass is 15.1. The maximum absolute atomic E-state index is 8.86. The van der Waals surface area contributed by atoms with Crippen molar-refractivity contribution in [2.45, 2.75) is 6.92 Å². The number of aromatic nitrogens is 2. The molecule has 0 bridgehead atoms. The molecule has 0 aliphatic heterocycles. The van der Waals surface area contributed by atoms with Gasteiger partial charge in [0.25, 0.3) is 0 Å². The molecule has 0 amide bonds. The summed E-state index contributed by atoms with van der Waals surface area (Å²) in [7, 11) is 0. The lowest BCUT2D eigenvalue weighted by atomic mass is 10.2. The zero-order valence-corrected chi connectivity index (χ0v) is 8.31. The van der Waals surface area contributed by atoms with Gasteiger partial charge in [-0.3, -0.25) is 4.57 Å². The van der Waals surface area contributed by atoms with Crippen LogP contribution in [-0.4, -0.2) is 9.55 Å². The van der Waals surface area contributed by atoms with E-state index in [0.717, 1.165) is 16.9 Å². The number of anilines is 1. The lowest BCUT2D eigenvalue weighted by Gasteiger charge is -2.07. The molecule has 0 radical (unpaired) electrons. The molecule has 15 heavy (non-hydrogen) atoms. The lowest BCUT2D eigenvalue weighted by Crippen LogP contribution is -1.99. The maximum Gasteiger partial charge on any atom is 0.217 e. The fraction of sp³-hybridized carbons (Fsp3) is 0.0909. The molecule has 0 saturated carbocycles. The molecule has 0 aliphatic carbocycles. The van der Waals surface area contributed by atoms with Crippen molar-refractivity contribution < 1.29 is 0 Å². The van der Waals surface area contributed by atoms with Crippen LogP contribution in [0.25, 0.3) is 5.69 Å². The first-order chi connectivity index (χ1) is 7.22. The van der Waals surface area contributed by atoms with Gasteiger partial charge in [-0.25, -0.2) is 4.98 Å². The molecule has 1 heterocycles. The van der Waals surface area contributed by atoms with Crippen molar-refractivity contribution >= 4 is 5.69 Å². The summed E-state index contributed by atoms with van der Waals surface area (Å²) in [5.74, 6) is 0.378. The largest absolute Gasteiger partial charge is 0.399 e. The standard InChI is InChI=1S/C11H10N4/c1-8-6-9(13)2-3-10(8)15-5-4-14-11(15)7-12/h2-6H,13H2,1H3. The molecule has 0 unspecified atom stereocenters. The van der Waals surface area contributed by atoms with E-state index in [0.29, 0.717) is 5.82 Å². The molecule has 4 heteroatoms. The van der Waals surface area contributed by atoms with Crippen molar-refractivity contribution in [3.63, 3.8) is 0 Å². The van der Waals surface area contributed by atoms with Gasteiger partial charge in [-0.2, -0.15) is 5.26 Å². The van der Waals surface area contributed by atoms with Crippen LogP contribution in [0.15, 0.2) is 30.6 Å². The zero-order chi connectivity index (χ0) is 10.8. The van der Waals surface area contributed by atoms with E-state index >= 15 is 0 Å². The molecule has 0 saturated heterocycles. The quantitative estimate of drug-likeness (QED) is 0.708. The topological polar surface area (TPSA) is 67.6 Å². The van der Waals surface area contributed by atoms with Gasteiger partial charge in [0.05, 0.1) is 5.69 Å². The number of nitrogens with two attached hydrogens (primary N) is 1. The van der Waals surface area contributed by atoms with Crippen LogP contribution in [0.4, 0.5) is 5.69 Å². The van der Waals surface area contributed by atoms with Crippen LogP contribution in [0.5, 0.6) is 0 Å². The van der Waals surface area contributed by atoms with Crippen LogP contribution in [0.2, 0.25) is 0 Å². The number of hydrogen-bond acceptors (Lipinski definition) is 3. The van der Waals surface area contributed by atoms with E-state index in [2.05, 4.69) is 4.98 Å². The first-order valence-electron chi connectivity index (χ1n) is 4.52. The molecule has 2 N–H and O–H groups in total. The van der Waals surface area contributed by atoms with E-state index in [1.165, 1.54) is 0 Å². The van der Waals surface area contributed by atoms with Gasteiger partial charge in [0.1, 0.15) is 6.07 Å². The Morgan fingerprint density at radius 2 is 2.27 bits per heavy atom. The van der Waals surface area contributed by atoms with E-state index in [-0.39, 0.29) is 0 Å². The molecule has 0 spiro atoms. The minimum Gasteiger partial charge on any atom is -0.399 e. The summed E-state index contributed by atoms with van der Waals surface area (Å²) >= 11 is 0. The van der Waals surface area contributed by atoms with Crippen molar-refractivity contribution in [2.24, 2.45) is 0 Å². The van der Waals surface area contributed by atoms with Crippen molar-refractivity contribution in [3.05, 3.63) is 42.0 Å². The van der Waals surface area contributed by atoms with Crippen LogP contribution in [-0.2, 0) is 0 Å². The van der Waals surface area contributed by atoms with Gasteiger partial charge in [-0.1, -0.05) is 0 Å². The summed E-state index contributed by atoms with van der Waals surface area (Å²) in [4.78, 5) is 3.95. The van der Waals surface area contributed by atoms with E-state index in [4.69, 9.17) is 11.0 Å². The molecular weight excluding hydrogens is 188 g/mol. The van der Waals surface area contributed by atoms with Crippen LogP contribution in [0, 0.1) is 18.3 Å². The van der Waals surface area contributed by atoms with E-state index < -0.39 is 0 Å². The lowest BCUT2D eigenvalue weighted by molar-refractivity contribution is 1.01. The third-order valence-electron chi connectivity index (χ3n) is 2.22.